The maximum absolute atomic E-state index is 10.7. The van der Waals surface area contributed by atoms with Gasteiger partial charge in [-0.2, -0.15) is 0 Å². The highest BCUT2D eigenvalue weighted by Crippen LogP contribution is 2.28. The summed E-state index contributed by atoms with van der Waals surface area (Å²) in [5, 5.41) is 14.4. The molecule has 0 aromatic carbocycles. The van der Waals surface area contributed by atoms with E-state index >= 15 is 0 Å². The topological polar surface area (TPSA) is 32.3 Å². The number of aliphatic hydroxyl groups is 1. The van der Waals surface area contributed by atoms with Gasteiger partial charge in [-0.3, -0.25) is 0 Å². The van der Waals surface area contributed by atoms with Crippen molar-refractivity contribution in [3.63, 3.8) is 0 Å². The molecule has 19 heavy (non-hydrogen) atoms. The Morgan fingerprint density at radius 3 is 2.05 bits per heavy atom. The average Bonchev–Trinajstić information content (AvgIpc) is 2.79. The lowest BCUT2D eigenvalue weighted by molar-refractivity contribution is 0.0211. The molecule has 0 saturated heterocycles. The predicted octanol–water partition coefficient (Wildman–Crippen LogP) is 4.02. The van der Waals surface area contributed by atoms with Crippen LogP contribution in [0.2, 0.25) is 0 Å². The second-order valence-electron chi connectivity index (χ2n) is 7.06. The summed E-state index contributed by atoms with van der Waals surface area (Å²) in [6, 6.07) is 0.574. The Hall–Kier alpha value is -0.0800. The molecule has 2 aliphatic carbocycles. The third-order valence-electron chi connectivity index (χ3n) is 5.39. The van der Waals surface area contributed by atoms with E-state index in [2.05, 4.69) is 12.2 Å². The normalized spacial score (nSPS) is 27.5. The van der Waals surface area contributed by atoms with Crippen LogP contribution in [0.4, 0.5) is 0 Å². The smallest absolute Gasteiger partial charge is 0.0771 e. The quantitative estimate of drug-likeness (QED) is 0.754. The molecule has 0 aliphatic heterocycles. The maximum atomic E-state index is 10.7. The van der Waals surface area contributed by atoms with Crippen LogP contribution in [-0.2, 0) is 0 Å². The SMILES string of the molecule is C[C@H](NCC1(O)CCCCCC1)C1CCCCCC1. The molecule has 1 atom stereocenters. The molecule has 0 amide bonds. The summed E-state index contributed by atoms with van der Waals surface area (Å²) in [5.41, 5.74) is -0.421. The lowest BCUT2D eigenvalue weighted by Gasteiger charge is -2.31. The molecule has 2 N–H and O–H groups in total. The standard InChI is InChI=1S/C17H33NO/c1-15(16-10-6-2-3-7-11-16)18-14-17(19)12-8-4-5-9-13-17/h15-16,18-19H,2-14H2,1H3/t15-/m0/s1. The van der Waals surface area contributed by atoms with E-state index in [1.165, 1.54) is 64.2 Å². The largest absolute Gasteiger partial charge is 0.389 e. The Kier molecular flexibility index (Phi) is 6.15. The Bertz CT molecular complexity index is 238. The highest BCUT2D eigenvalue weighted by Gasteiger charge is 2.29. The molecule has 0 bridgehead atoms. The number of nitrogens with one attached hydrogen (secondary N) is 1. The number of hydrogen-bond donors (Lipinski definition) is 2. The Labute approximate surface area is 119 Å². The third kappa shape index (κ3) is 5.07. The lowest BCUT2D eigenvalue weighted by atomic mass is 9.90. The van der Waals surface area contributed by atoms with E-state index in [1.54, 1.807) is 0 Å². The Morgan fingerprint density at radius 2 is 1.47 bits per heavy atom. The van der Waals surface area contributed by atoms with Crippen molar-refractivity contribution in [2.75, 3.05) is 6.54 Å². The first-order valence-electron chi connectivity index (χ1n) is 8.65. The van der Waals surface area contributed by atoms with Gasteiger partial charge in [0.25, 0.3) is 0 Å². The van der Waals surface area contributed by atoms with E-state index in [9.17, 15) is 5.11 Å². The van der Waals surface area contributed by atoms with Crippen molar-refractivity contribution in [3.8, 4) is 0 Å². The monoisotopic (exact) mass is 267 g/mol. The molecule has 2 aliphatic rings. The fourth-order valence-electron chi connectivity index (χ4n) is 3.89. The van der Waals surface area contributed by atoms with Gasteiger partial charge in [0, 0.05) is 12.6 Å². The van der Waals surface area contributed by atoms with Gasteiger partial charge >= 0.3 is 0 Å². The molecule has 0 heterocycles. The molecule has 0 unspecified atom stereocenters. The van der Waals surface area contributed by atoms with Gasteiger partial charge in [-0.25, -0.2) is 0 Å². The van der Waals surface area contributed by atoms with Gasteiger partial charge in [0.2, 0.25) is 0 Å². The molecule has 0 aromatic heterocycles. The van der Waals surface area contributed by atoms with Crippen LogP contribution in [0.1, 0.15) is 84.0 Å². The summed E-state index contributed by atoms with van der Waals surface area (Å²) in [6.07, 6.45) is 15.4. The van der Waals surface area contributed by atoms with E-state index < -0.39 is 5.60 Å². The van der Waals surface area contributed by atoms with Crippen LogP contribution in [0, 0.1) is 5.92 Å². The van der Waals surface area contributed by atoms with Crippen LogP contribution < -0.4 is 5.32 Å². The zero-order valence-electron chi connectivity index (χ0n) is 12.8. The van der Waals surface area contributed by atoms with E-state index in [-0.39, 0.29) is 0 Å². The predicted molar refractivity (Wildman–Crippen MR) is 81.3 cm³/mol. The molecule has 2 heteroatoms. The molecule has 2 fully saturated rings. The van der Waals surface area contributed by atoms with Crippen molar-refractivity contribution in [1.82, 2.24) is 5.32 Å². The van der Waals surface area contributed by atoms with Gasteiger partial charge in [-0.15, -0.1) is 0 Å². The molecule has 112 valence electrons. The zero-order valence-corrected chi connectivity index (χ0v) is 12.8. The fourth-order valence-corrected chi connectivity index (χ4v) is 3.89. The fraction of sp³-hybridized carbons (Fsp3) is 1.00. The highest BCUT2D eigenvalue weighted by molar-refractivity contribution is 4.85. The summed E-state index contributed by atoms with van der Waals surface area (Å²) >= 11 is 0. The van der Waals surface area contributed by atoms with E-state index in [4.69, 9.17) is 0 Å². The van der Waals surface area contributed by atoms with Crippen molar-refractivity contribution in [1.29, 1.82) is 0 Å². The first kappa shape index (κ1) is 15.3. The third-order valence-corrected chi connectivity index (χ3v) is 5.39. The molecule has 2 rings (SSSR count). The summed E-state index contributed by atoms with van der Waals surface area (Å²) in [7, 11) is 0. The van der Waals surface area contributed by atoms with E-state index in [0.717, 1.165) is 25.3 Å². The van der Waals surface area contributed by atoms with Gasteiger partial charge < -0.3 is 10.4 Å². The van der Waals surface area contributed by atoms with Gasteiger partial charge in [0.15, 0.2) is 0 Å². The molecule has 2 nitrogen and oxygen atoms in total. The summed E-state index contributed by atoms with van der Waals surface area (Å²) in [4.78, 5) is 0. The lowest BCUT2D eigenvalue weighted by Crippen LogP contribution is -2.45. The van der Waals surface area contributed by atoms with Crippen LogP contribution in [0.5, 0.6) is 0 Å². The Balaban J connectivity index is 1.76. The van der Waals surface area contributed by atoms with Crippen LogP contribution in [0.3, 0.4) is 0 Å². The minimum atomic E-state index is -0.421. The van der Waals surface area contributed by atoms with Crippen LogP contribution in [-0.4, -0.2) is 23.3 Å². The highest BCUT2D eigenvalue weighted by atomic mass is 16.3. The van der Waals surface area contributed by atoms with Crippen molar-refractivity contribution in [2.45, 2.75) is 95.6 Å². The zero-order chi connectivity index (χ0) is 13.6. The summed E-state index contributed by atoms with van der Waals surface area (Å²) in [5.74, 6) is 0.830. The van der Waals surface area contributed by atoms with Crippen molar-refractivity contribution >= 4 is 0 Å². The Morgan fingerprint density at radius 1 is 0.947 bits per heavy atom. The average molecular weight is 267 g/mol. The first-order chi connectivity index (χ1) is 9.20. The van der Waals surface area contributed by atoms with Crippen LogP contribution in [0.15, 0.2) is 0 Å². The molecular formula is C17H33NO. The second kappa shape index (κ2) is 7.64. The van der Waals surface area contributed by atoms with Gasteiger partial charge in [0.05, 0.1) is 5.60 Å². The molecular weight excluding hydrogens is 234 g/mol. The van der Waals surface area contributed by atoms with Crippen molar-refractivity contribution < 1.29 is 5.11 Å². The summed E-state index contributed by atoms with van der Waals surface area (Å²) < 4.78 is 0. The van der Waals surface area contributed by atoms with Crippen molar-refractivity contribution in [3.05, 3.63) is 0 Å². The van der Waals surface area contributed by atoms with Gasteiger partial charge in [0.1, 0.15) is 0 Å². The first-order valence-corrected chi connectivity index (χ1v) is 8.65. The molecule has 2 saturated carbocycles. The van der Waals surface area contributed by atoms with Gasteiger partial charge in [-0.1, -0.05) is 51.4 Å². The van der Waals surface area contributed by atoms with E-state index in [1.807, 2.05) is 0 Å². The summed E-state index contributed by atoms with van der Waals surface area (Å²) in [6.45, 7) is 3.14. The molecule has 0 aromatic rings. The number of hydrogen-bond acceptors (Lipinski definition) is 2. The van der Waals surface area contributed by atoms with Crippen LogP contribution in [0.25, 0.3) is 0 Å². The molecule has 0 spiro atoms. The molecule has 0 radical (unpaired) electrons. The number of rotatable bonds is 4. The van der Waals surface area contributed by atoms with Crippen molar-refractivity contribution in [2.24, 2.45) is 5.92 Å². The van der Waals surface area contributed by atoms with Crippen LogP contribution >= 0.6 is 0 Å². The van der Waals surface area contributed by atoms with Gasteiger partial charge in [-0.05, 0) is 38.5 Å². The van der Waals surface area contributed by atoms with E-state index in [0.29, 0.717) is 6.04 Å². The maximum Gasteiger partial charge on any atom is 0.0771 e. The minimum absolute atomic E-state index is 0.421. The minimum Gasteiger partial charge on any atom is -0.389 e. The second-order valence-corrected chi connectivity index (χ2v) is 7.06.